The third-order valence-corrected chi connectivity index (χ3v) is 1.18. The van der Waals surface area contributed by atoms with Gasteiger partial charge in [-0.15, -0.1) is 0 Å². The molecule has 0 heterocycles. The van der Waals surface area contributed by atoms with E-state index in [0.717, 1.165) is 0 Å². The van der Waals surface area contributed by atoms with Crippen LogP contribution >= 0.6 is 0 Å². The lowest BCUT2D eigenvalue weighted by molar-refractivity contribution is 0.0417. The molecule has 0 aliphatic rings. The number of carbonyl (C=O) groups is 1. The highest BCUT2D eigenvalue weighted by Gasteiger charge is 2.18. The van der Waals surface area contributed by atoms with E-state index >= 15 is 0 Å². The summed E-state index contributed by atoms with van der Waals surface area (Å²) in [6.45, 7) is 7.47. The van der Waals surface area contributed by atoms with Gasteiger partial charge < -0.3 is 9.55 Å². The fraction of sp³-hybridized carbons (Fsp3) is 0.857. The largest absolute Gasteiger partial charge is 0.445 e. The van der Waals surface area contributed by atoms with Crippen molar-refractivity contribution in [2.24, 2.45) is 0 Å². The van der Waals surface area contributed by atoms with Gasteiger partial charge in [-0.25, -0.2) is 4.79 Å². The summed E-state index contributed by atoms with van der Waals surface area (Å²) in [5.74, 6) is 0. The number of carbonyl (C=O) groups excluding carboxylic acids is 1. The number of hydrogen-bond donors (Lipinski definition) is 0. The Morgan fingerprint density at radius 1 is 1.45 bits per heavy atom. The zero-order valence-electron chi connectivity index (χ0n) is 7.97. The zero-order chi connectivity index (χ0) is 9.07. The summed E-state index contributed by atoms with van der Waals surface area (Å²) in [7, 11) is 2.39. The van der Waals surface area contributed by atoms with E-state index in [0.29, 0.717) is 7.41 Å². The number of hydrogen-bond acceptors (Lipinski definition) is 2. The first-order valence-electron chi connectivity index (χ1n) is 3.81. The Morgan fingerprint density at radius 2 is 1.91 bits per heavy atom. The average Bonchev–Trinajstić information content (AvgIpc) is 1.82. The lowest BCUT2D eigenvalue weighted by atomic mass is 9.98. The van der Waals surface area contributed by atoms with E-state index in [1.807, 2.05) is 27.6 Å². The van der Waals surface area contributed by atoms with Crippen molar-refractivity contribution >= 4 is 13.5 Å². The third kappa shape index (κ3) is 4.70. The fourth-order valence-electron chi connectivity index (χ4n) is 0.469. The molecule has 4 heteroatoms. The van der Waals surface area contributed by atoms with Crippen LogP contribution in [0.5, 0.6) is 0 Å². The Bertz CT molecular complexity index is 142. The molecule has 0 unspecified atom stereocenters. The molecule has 0 aliphatic carbocycles. The Labute approximate surface area is 69.0 Å². The maximum Gasteiger partial charge on any atom is 0.397 e. The van der Waals surface area contributed by atoms with Crippen molar-refractivity contribution in [1.82, 2.24) is 4.81 Å². The Kier molecular flexibility index (Phi) is 3.43. The van der Waals surface area contributed by atoms with Crippen LogP contribution in [0, 0.1) is 0 Å². The predicted octanol–water partition coefficient (Wildman–Crippen LogP) is 1.25. The van der Waals surface area contributed by atoms with Crippen LogP contribution in [-0.4, -0.2) is 31.0 Å². The van der Waals surface area contributed by atoms with Crippen LogP contribution in [0.3, 0.4) is 0 Å². The minimum absolute atomic E-state index is 0.264. The van der Waals surface area contributed by atoms with Crippen LogP contribution in [0.2, 0.25) is 6.82 Å². The Balaban J connectivity index is 3.88. The fourth-order valence-corrected chi connectivity index (χ4v) is 0.469. The molecule has 3 nitrogen and oxygen atoms in total. The minimum Gasteiger partial charge on any atom is -0.445 e. The number of ether oxygens (including phenoxy) is 1. The molecule has 1 amide bonds. The van der Waals surface area contributed by atoms with E-state index in [2.05, 4.69) is 0 Å². The molecule has 0 saturated carbocycles. The first kappa shape index (κ1) is 10.3. The number of rotatable bonds is 1. The second-order valence-corrected chi connectivity index (χ2v) is 3.49. The highest BCUT2D eigenvalue weighted by atomic mass is 16.6. The van der Waals surface area contributed by atoms with E-state index in [1.165, 1.54) is 4.81 Å². The molecule has 0 aliphatic heterocycles. The van der Waals surface area contributed by atoms with Gasteiger partial charge in [0.15, 0.2) is 0 Å². The van der Waals surface area contributed by atoms with Crippen LogP contribution in [0.15, 0.2) is 0 Å². The van der Waals surface area contributed by atoms with Crippen molar-refractivity contribution in [1.29, 1.82) is 0 Å². The second-order valence-electron chi connectivity index (χ2n) is 3.49. The second kappa shape index (κ2) is 3.65. The third-order valence-electron chi connectivity index (χ3n) is 1.18. The van der Waals surface area contributed by atoms with Crippen LogP contribution in [0.1, 0.15) is 20.8 Å². The van der Waals surface area contributed by atoms with Gasteiger partial charge in [0.25, 0.3) is 0 Å². The van der Waals surface area contributed by atoms with Crippen LogP contribution in [0.25, 0.3) is 0 Å². The molecule has 0 spiro atoms. The molecule has 0 saturated heterocycles. The van der Waals surface area contributed by atoms with Gasteiger partial charge in [-0.3, -0.25) is 0 Å². The molecule has 0 radical (unpaired) electrons. The summed E-state index contributed by atoms with van der Waals surface area (Å²) in [4.78, 5) is 12.6. The summed E-state index contributed by atoms with van der Waals surface area (Å²) < 4.78 is 5.08. The number of nitrogens with zero attached hydrogens (tertiary/aromatic N) is 1. The minimum atomic E-state index is -0.388. The van der Waals surface area contributed by atoms with Gasteiger partial charge in [0.1, 0.15) is 5.60 Å². The normalized spacial score (nSPS) is 10.6. The smallest absolute Gasteiger partial charge is 0.397 e. The lowest BCUT2D eigenvalue weighted by Gasteiger charge is -2.23. The van der Waals surface area contributed by atoms with Gasteiger partial charge in [0, 0.05) is 0 Å². The Hall–Kier alpha value is -0.665. The summed E-state index contributed by atoms with van der Waals surface area (Å²) in [5.41, 5.74) is -0.388. The molecule has 0 aromatic rings. The zero-order valence-corrected chi connectivity index (χ0v) is 7.97. The predicted molar refractivity (Wildman–Crippen MR) is 47.0 cm³/mol. The monoisotopic (exact) mass is 157 g/mol. The molecule has 0 bridgehead atoms. The van der Waals surface area contributed by atoms with Crippen molar-refractivity contribution in [3.05, 3.63) is 0 Å². The maximum atomic E-state index is 11.1. The van der Waals surface area contributed by atoms with Gasteiger partial charge in [0.2, 0.25) is 7.41 Å². The van der Waals surface area contributed by atoms with E-state index < -0.39 is 0 Å². The van der Waals surface area contributed by atoms with Gasteiger partial charge in [-0.1, -0.05) is 6.82 Å². The van der Waals surface area contributed by atoms with E-state index in [1.54, 1.807) is 7.05 Å². The summed E-state index contributed by atoms with van der Waals surface area (Å²) in [5, 5.41) is 0. The molecule has 0 aromatic carbocycles. The lowest BCUT2D eigenvalue weighted by Crippen LogP contribution is -2.35. The van der Waals surface area contributed by atoms with Crippen molar-refractivity contribution in [3.8, 4) is 0 Å². The van der Waals surface area contributed by atoms with Gasteiger partial charge in [-0.05, 0) is 27.8 Å². The molecule has 11 heavy (non-hydrogen) atoms. The van der Waals surface area contributed by atoms with Gasteiger partial charge in [-0.2, -0.15) is 0 Å². The molecule has 0 fully saturated rings. The first-order chi connectivity index (χ1) is 4.87. The van der Waals surface area contributed by atoms with Crippen molar-refractivity contribution < 1.29 is 9.53 Å². The van der Waals surface area contributed by atoms with Gasteiger partial charge >= 0.3 is 6.09 Å². The molecule has 0 N–H and O–H groups in total. The van der Waals surface area contributed by atoms with E-state index in [9.17, 15) is 4.79 Å². The maximum absolute atomic E-state index is 11.1. The van der Waals surface area contributed by atoms with Crippen LogP contribution in [0.4, 0.5) is 4.79 Å². The summed E-state index contributed by atoms with van der Waals surface area (Å²) in [6.07, 6.45) is -0.264. The SMILES string of the molecule is CBN(C)C(=O)OC(C)(C)C. The molecular weight excluding hydrogens is 141 g/mol. The molecular formula is C7H16BNO2. The number of amides is 1. The van der Waals surface area contributed by atoms with Crippen LogP contribution < -0.4 is 0 Å². The van der Waals surface area contributed by atoms with Crippen molar-refractivity contribution in [2.75, 3.05) is 7.05 Å². The van der Waals surface area contributed by atoms with Crippen molar-refractivity contribution in [2.45, 2.75) is 33.2 Å². The molecule has 0 aromatic heterocycles. The van der Waals surface area contributed by atoms with Gasteiger partial charge in [0.05, 0.1) is 0 Å². The first-order valence-corrected chi connectivity index (χ1v) is 3.81. The standard InChI is InChI=1S/C7H16BNO2/c1-7(2,3)11-6(10)9(5)8-4/h8H,1-5H3. The van der Waals surface area contributed by atoms with E-state index in [-0.39, 0.29) is 11.7 Å². The summed E-state index contributed by atoms with van der Waals surface area (Å²) in [6, 6.07) is 0. The molecule has 0 rings (SSSR count). The highest BCUT2D eigenvalue weighted by Crippen LogP contribution is 2.08. The highest BCUT2D eigenvalue weighted by molar-refractivity contribution is 6.34. The quantitative estimate of drug-likeness (QED) is 0.536. The Morgan fingerprint density at radius 3 is 2.18 bits per heavy atom. The topological polar surface area (TPSA) is 29.5 Å². The molecule has 64 valence electrons. The van der Waals surface area contributed by atoms with Crippen molar-refractivity contribution in [3.63, 3.8) is 0 Å². The van der Waals surface area contributed by atoms with Crippen LogP contribution in [-0.2, 0) is 4.74 Å². The average molecular weight is 157 g/mol. The van der Waals surface area contributed by atoms with E-state index in [4.69, 9.17) is 4.74 Å². The molecule has 0 atom stereocenters. The summed E-state index contributed by atoms with van der Waals surface area (Å²) >= 11 is 0.